The first-order valence-corrected chi connectivity index (χ1v) is 10.7. The predicted octanol–water partition coefficient (Wildman–Crippen LogP) is 4.07. The van der Waals surface area contributed by atoms with Gasteiger partial charge in [-0.25, -0.2) is 4.79 Å². The summed E-state index contributed by atoms with van der Waals surface area (Å²) < 4.78 is 4.04. The molecule has 0 bridgehead atoms. The molecule has 0 aliphatic carbocycles. The zero-order valence-corrected chi connectivity index (χ0v) is 19.1. The van der Waals surface area contributed by atoms with Crippen molar-refractivity contribution < 1.29 is 9.59 Å². The number of halogens is 1. The summed E-state index contributed by atoms with van der Waals surface area (Å²) in [6.45, 7) is 0. The molecule has 0 aliphatic heterocycles. The Morgan fingerprint density at radius 3 is 2.28 bits per heavy atom. The molecule has 0 saturated carbocycles. The van der Waals surface area contributed by atoms with Crippen molar-refractivity contribution in [3.8, 4) is 0 Å². The van der Waals surface area contributed by atoms with Crippen LogP contribution in [0.25, 0.3) is 11.0 Å². The van der Waals surface area contributed by atoms with Crippen LogP contribution in [0.1, 0.15) is 15.9 Å². The molecule has 0 radical (unpaired) electrons. The average molecular weight is 493 g/mol. The molecule has 32 heavy (non-hydrogen) atoms. The van der Waals surface area contributed by atoms with Crippen LogP contribution < -0.4 is 16.3 Å². The van der Waals surface area contributed by atoms with Crippen molar-refractivity contribution in [1.29, 1.82) is 0 Å². The zero-order valence-electron chi connectivity index (χ0n) is 17.6. The molecular formula is C24H21BrN4O3. The number of amides is 2. The SMILES string of the molecule is Cn1c(=O)n(C)c2cc(NC(=O)c3cccc(NC(=O)Cc4ccc(Br)cc4)c3)ccc21. The molecule has 7 nitrogen and oxygen atoms in total. The van der Waals surface area contributed by atoms with Crippen LogP contribution in [0.15, 0.2) is 76.0 Å². The molecule has 2 N–H and O–H groups in total. The summed E-state index contributed by atoms with van der Waals surface area (Å²) in [6, 6.07) is 19.6. The van der Waals surface area contributed by atoms with Crippen LogP contribution in [0.4, 0.5) is 11.4 Å². The Labute approximate surface area is 192 Å². The molecule has 0 aliphatic rings. The molecule has 0 saturated heterocycles. The third-order valence-electron chi connectivity index (χ3n) is 5.22. The number of carbonyl (C=O) groups is 2. The number of hydrogen-bond acceptors (Lipinski definition) is 3. The van der Waals surface area contributed by atoms with E-state index in [1.54, 1.807) is 61.1 Å². The smallest absolute Gasteiger partial charge is 0.326 e. The number of benzene rings is 3. The second kappa shape index (κ2) is 8.84. The predicted molar refractivity (Wildman–Crippen MR) is 129 cm³/mol. The third-order valence-corrected chi connectivity index (χ3v) is 5.74. The van der Waals surface area contributed by atoms with E-state index in [1.165, 1.54) is 4.57 Å². The van der Waals surface area contributed by atoms with Gasteiger partial charge in [0.05, 0.1) is 17.5 Å². The highest BCUT2D eigenvalue weighted by atomic mass is 79.9. The fourth-order valence-electron chi connectivity index (χ4n) is 3.52. The maximum atomic E-state index is 12.8. The lowest BCUT2D eigenvalue weighted by atomic mass is 10.1. The first-order valence-electron chi connectivity index (χ1n) is 9.93. The number of nitrogens with zero attached hydrogens (tertiary/aromatic N) is 2. The van der Waals surface area contributed by atoms with Crippen molar-refractivity contribution in [2.24, 2.45) is 14.1 Å². The molecule has 2 amide bonds. The van der Waals surface area contributed by atoms with Crippen molar-refractivity contribution in [2.45, 2.75) is 6.42 Å². The monoisotopic (exact) mass is 492 g/mol. The van der Waals surface area contributed by atoms with Gasteiger partial charge in [0.1, 0.15) is 0 Å². The van der Waals surface area contributed by atoms with Crippen LogP contribution in [0.5, 0.6) is 0 Å². The Kier molecular flexibility index (Phi) is 5.96. The highest BCUT2D eigenvalue weighted by Gasteiger charge is 2.12. The van der Waals surface area contributed by atoms with Gasteiger partial charge in [0, 0.05) is 35.5 Å². The summed E-state index contributed by atoms with van der Waals surface area (Å²) in [5.41, 5.74) is 3.80. The van der Waals surface area contributed by atoms with Gasteiger partial charge in [-0.05, 0) is 54.1 Å². The van der Waals surface area contributed by atoms with Gasteiger partial charge >= 0.3 is 5.69 Å². The lowest BCUT2D eigenvalue weighted by Gasteiger charge is -2.09. The van der Waals surface area contributed by atoms with E-state index >= 15 is 0 Å². The Morgan fingerprint density at radius 1 is 0.844 bits per heavy atom. The Bertz CT molecular complexity index is 1390. The summed E-state index contributed by atoms with van der Waals surface area (Å²) in [6.07, 6.45) is 0.236. The maximum absolute atomic E-state index is 12.8. The first kappa shape index (κ1) is 21.6. The molecule has 4 rings (SSSR count). The zero-order chi connectivity index (χ0) is 22.8. The topological polar surface area (TPSA) is 85.1 Å². The highest BCUT2D eigenvalue weighted by Crippen LogP contribution is 2.19. The number of fused-ring (bicyclic) bond motifs is 1. The van der Waals surface area contributed by atoms with Gasteiger partial charge in [-0.3, -0.25) is 18.7 Å². The lowest BCUT2D eigenvalue weighted by molar-refractivity contribution is -0.115. The van der Waals surface area contributed by atoms with Gasteiger partial charge < -0.3 is 10.6 Å². The second-order valence-electron chi connectivity index (χ2n) is 7.49. The van der Waals surface area contributed by atoms with Crippen molar-refractivity contribution in [3.05, 3.63) is 92.8 Å². The van der Waals surface area contributed by atoms with Crippen LogP contribution in [0.3, 0.4) is 0 Å². The Morgan fingerprint density at radius 2 is 1.53 bits per heavy atom. The van der Waals surface area contributed by atoms with E-state index in [1.807, 2.05) is 24.3 Å². The van der Waals surface area contributed by atoms with E-state index in [-0.39, 0.29) is 23.9 Å². The van der Waals surface area contributed by atoms with E-state index < -0.39 is 0 Å². The maximum Gasteiger partial charge on any atom is 0.328 e. The van der Waals surface area contributed by atoms with Crippen molar-refractivity contribution in [2.75, 3.05) is 10.6 Å². The molecule has 162 valence electrons. The van der Waals surface area contributed by atoms with Crippen molar-refractivity contribution in [1.82, 2.24) is 9.13 Å². The third kappa shape index (κ3) is 4.50. The van der Waals surface area contributed by atoms with Gasteiger partial charge in [-0.15, -0.1) is 0 Å². The molecule has 8 heteroatoms. The van der Waals surface area contributed by atoms with Crippen LogP contribution in [-0.4, -0.2) is 20.9 Å². The number of nitrogens with one attached hydrogen (secondary N) is 2. The minimum atomic E-state index is -0.311. The summed E-state index contributed by atoms with van der Waals surface area (Å²) in [5, 5.41) is 5.68. The normalized spacial score (nSPS) is 10.8. The molecular weight excluding hydrogens is 472 g/mol. The minimum absolute atomic E-state index is 0.130. The number of anilines is 2. The average Bonchev–Trinajstić information content (AvgIpc) is 2.99. The van der Waals surface area contributed by atoms with Crippen LogP contribution in [0, 0.1) is 0 Å². The fourth-order valence-corrected chi connectivity index (χ4v) is 3.78. The second-order valence-corrected chi connectivity index (χ2v) is 8.41. The van der Waals surface area contributed by atoms with Crippen LogP contribution >= 0.6 is 15.9 Å². The number of aromatic nitrogens is 2. The Balaban J connectivity index is 1.46. The quantitative estimate of drug-likeness (QED) is 0.440. The van der Waals surface area contributed by atoms with Crippen molar-refractivity contribution >= 4 is 50.2 Å². The standard InChI is InChI=1S/C24H21BrN4O3/c1-28-20-11-10-19(14-21(20)29(2)24(28)32)27-23(31)16-4-3-5-18(13-16)26-22(30)12-15-6-8-17(25)9-7-15/h3-11,13-14H,12H2,1-2H3,(H,26,30)(H,27,31). The Hall–Kier alpha value is -3.65. The molecule has 0 unspecified atom stereocenters. The van der Waals surface area contributed by atoms with E-state index in [9.17, 15) is 14.4 Å². The van der Waals surface area contributed by atoms with Crippen LogP contribution in [-0.2, 0) is 25.3 Å². The van der Waals surface area contributed by atoms with Gasteiger partial charge in [0.2, 0.25) is 5.91 Å². The number of aryl methyl sites for hydroxylation is 2. The van der Waals surface area contributed by atoms with E-state index in [2.05, 4.69) is 26.6 Å². The number of carbonyl (C=O) groups excluding carboxylic acids is 2. The largest absolute Gasteiger partial charge is 0.328 e. The summed E-state index contributed by atoms with van der Waals surface area (Å²) in [7, 11) is 3.40. The number of hydrogen-bond donors (Lipinski definition) is 2. The van der Waals surface area contributed by atoms with Crippen molar-refractivity contribution in [3.63, 3.8) is 0 Å². The van der Waals surface area contributed by atoms with Gasteiger partial charge in [-0.1, -0.05) is 34.1 Å². The fraction of sp³-hybridized carbons (Fsp3) is 0.125. The summed E-state index contributed by atoms with van der Waals surface area (Å²) >= 11 is 3.38. The van der Waals surface area contributed by atoms with E-state index in [0.29, 0.717) is 16.9 Å². The highest BCUT2D eigenvalue weighted by molar-refractivity contribution is 9.10. The van der Waals surface area contributed by atoms with Crippen LogP contribution in [0.2, 0.25) is 0 Å². The lowest BCUT2D eigenvalue weighted by Crippen LogP contribution is -2.19. The molecule has 3 aromatic carbocycles. The van der Waals surface area contributed by atoms with Gasteiger partial charge in [0.25, 0.3) is 5.91 Å². The number of rotatable bonds is 5. The van der Waals surface area contributed by atoms with Gasteiger partial charge in [-0.2, -0.15) is 0 Å². The van der Waals surface area contributed by atoms with E-state index in [4.69, 9.17) is 0 Å². The molecule has 1 aromatic heterocycles. The first-order chi connectivity index (χ1) is 15.3. The van der Waals surface area contributed by atoms with E-state index in [0.717, 1.165) is 21.1 Å². The summed E-state index contributed by atoms with van der Waals surface area (Å²) in [4.78, 5) is 37.2. The summed E-state index contributed by atoms with van der Waals surface area (Å²) in [5.74, 6) is -0.477. The van der Waals surface area contributed by atoms with Gasteiger partial charge in [0.15, 0.2) is 0 Å². The molecule has 0 atom stereocenters. The molecule has 1 heterocycles. The minimum Gasteiger partial charge on any atom is -0.326 e. The molecule has 4 aromatic rings. The molecule has 0 spiro atoms. The molecule has 0 fully saturated rings. The number of imidazole rings is 1.